The molecule has 5 amide bonds. The average molecular weight is 719 g/mol. The third-order valence-corrected chi connectivity index (χ3v) is 12.8. The second kappa shape index (κ2) is 16.7. The van der Waals surface area contributed by atoms with Crippen LogP contribution in [-0.4, -0.2) is 100 Å². The number of fused-ring (bicyclic) bond motifs is 1. The molecule has 4 fully saturated rings. The Hall–Kier alpha value is -2.80. The van der Waals surface area contributed by atoms with Gasteiger partial charge in [-0.3, -0.25) is 19.2 Å². The number of Topliss-reactive ketones (excluding diaryl/α,β-unsaturated/α-hetero) is 1. The third kappa shape index (κ3) is 9.95. The summed E-state index contributed by atoms with van der Waals surface area (Å²) in [6.45, 7) is 14.9. The van der Waals surface area contributed by atoms with Crippen LogP contribution in [0.1, 0.15) is 98.8 Å². The van der Waals surface area contributed by atoms with Crippen molar-refractivity contribution in [3.05, 3.63) is 12.7 Å². The van der Waals surface area contributed by atoms with Crippen molar-refractivity contribution in [2.45, 2.75) is 123 Å². The van der Waals surface area contributed by atoms with Crippen molar-refractivity contribution in [3.63, 3.8) is 0 Å². The largest absolute Gasteiger partial charge is 0.346 e. The lowest BCUT2D eigenvalue weighted by Crippen LogP contribution is -2.61. The number of amides is 5. The molecule has 12 nitrogen and oxygen atoms in total. The van der Waals surface area contributed by atoms with Gasteiger partial charge in [0.1, 0.15) is 12.1 Å². The summed E-state index contributed by atoms with van der Waals surface area (Å²) in [7, 11) is 0.528. The fourth-order valence-electron chi connectivity index (χ4n) is 8.24. The van der Waals surface area contributed by atoms with Crippen LogP contribution in [0, 0.1) is 34.5 Å². The fourth-order valence-corrected chi connectivity index (χ4v) is 8.60. The first-order chi connectivity index (χ1) is 23.4. The highest BCUT2D eigenvalue weighted by atomic mass is 32.2. The minimum Gasteiger partial charge on any atom is -0.346 e. The molecule has 4 aliphatic rings. The number of rotatable bonds is 15. The molecule has 1 heterocycles. The summed E-state index contributed by atoms with van der Waals surface area (Å²) in [5, 5.41) is 11.6. The average Bonchev–Trinajstić information content (AvgIpc) is 3.71. The number of hydrogen-bond donors (Lipinski definition) is 4. The highest BCUT2D eigenvalue weighted by Crippen LogP contribution is 2.53. The van der Waals surface area contributed by atoms with Gasteiger partial charge in [0.05, 0.1) is 17.0 Å². The molecule has 2 unspecified atom stereocenters. The summed E-state index contributed by atoms with van der Waals surface area (Å²) in [5.41, 5.74) is -0.448. The maximum atomic E-state index is 14.8. The van der Waals surface area contributed by atoms with E-state index in [-0.39, 0.29) is 53.0 Å². The Kier molecular flexibility index (Phi) is 13.3. The number of carbonyl (C=O) groups is 5. The maximum Gasteiger partial charge on any atom is 0.315 e. The number of likely N-dealkylation sites (N-methyl/N-ethyl adjacent to an activating group) is 1. The molecule has 3 saturated carbocycles. The van der Waals surface area contributed by atoms with Crippen molar-refractivity contribution in [2.24, 2.45) is 34.5 Å². The van der Waals surface area contributed by atoms with Crippen molar-refractivity contribution in [3.8, 4) is 0 Å². The van der Waals surface area contributed by atoms with Gasteiger partial charge in [0, 0.05) is 31.9 Å². The molecule has 0 radical (unpaired) electrons. The van der Waals surface area contributed by atoms with E-state index in [0.717, 1.165) is 57.8 Å². The van der Waals surface area contributed by atoms with Crippen molar-refractivity contribution < 1.29 is 28.2 Å². The molecule has 4 rings (SSSR count). The Morgan fingerprint density at radius 3 is 2.24 bits per heavy atom. The van der Waals surface area contributed by atoms with Crippen LogP contribution in [0.15, 0.2) is 12.7 Å². The lowest BCUT2D eigenvalue weighted by atomic mass is 9.79. The number of carbonyl (C=O) groups excluding carboxylic acids is 5. The smallest absolute Gasteiger partial charge is 0.315 e. The van der Waals surface area contributed by atoms with Crippen LogP contribution in [0.2, 0.25) is 0 Å². The van der Waals surface area contributed by atoms with Gasteiger partial charge < -0.3 is 26.2 Å². The predicted octanol–water partition coefficient (Wildman–Crippen LogP) is 3.29. The van der Waals surface area contributed by atoms with Gasteiger partial charge in [-0.1, -0.05) is 72.8 Å². The molecule has 0 spiro atoms. The number of hydrogen-bond acceptors (Lipinski definition) is 6. The molecular weight excluding hydrogens is 657 g/mol. The number of ketones is 1. The van der Waals surface area contributed by atoms with Crippen LogP contribution in [0.25, 0.3) is 0 Å². The highest BCUT2D eigenvalue weighted by molar-refractivity contribution is 7.81. The monoisotopic (exact) mass is 718 g/mol. The molecule has 0 aromatic carbocycles. The quantitative estimate of drug-likeness (QED) is 0.150. The number of nitrogens with zero attached hydrogens (tertiary/aromatic N) is 2. The van der Waals surface area contributed by atoms with E-state index in [4.69, 9.17) is 0 Å². The van der Waals surface area contributed by atoms with Gasteiger partial charge in [-0.25, -0.2) is 13.3 Å². The topological polar surface area (TPSA) is 157 Å². The van der Waals surface area contributed by atoms with E-state index in [2.05, 4.69) is 41.7 Å². The molecular formula is C37H62N6O6S. The normalized spacial score (nSPS) is 25.9. The van der Waals surface area contributed by atoms with Gasteiger partial charge >= 0.3 is 6.03 Å². The predicted molar refractivity (Wildman–Crippen MR) is 195 cm³/mol. The van der Waals surface area contributed by atoms with Gasteiger partial charge in [0.2, 0.25) is 17.6 Å². The Bertz CT molecular complexity index is 1310. The van der Waals surface area contributed by atoms with Crippen molar-refractivity contribution in [1.29, 1.82) is 0 Å². The summed E-state index contributed by atoms with van der Waals surface area (Å²) in [6.07, 6.45) is 11.6. The van der Waals surface area contributed by atoms with Crippen molar-refractivity contribution in [2.75, 3.05) is 32.9 Å². The Labute approximate surface area is 301 Å². The number of likely N-dealkylation sites (tertiary alicyclic amines) is 1. The second-order valence-corrected chi connectivity index (χ2v) is 18.5. The van der Waals surface area contributed by atoms with E-state index < -0.39 is 52.7 Å². The third-order valence-electron chi connectivity index (χ3n) is 11.8. The summed E-state index contributed by atoms with van der Waals surface area (Å²) in [4.78, 5) is 70.6. The van der Waals surface area contributed by atoms with Crippen LogP contribution in [0.4, 0.5) is 4.79 Å². The number of urea groups is 1. The Morgan fingerprint density at radius 2 is 1.66 bits per heavy atom. The summed E-state index contributed by atoms with van der Waals surface area (Å²) in [5.74, 6) is -1.97. The van der Waals surface area contributed by atoms with Gasteiger partial charge in [-0.2, -0.15) is 0 Å². The molecule has 282 valence electrons. The van der Waals surface area contributed by atoms with E-state index in [1.807, 2.05) is 20.8 Å². The molecule has 1 aliphatic heterocycles. The van der Waals surface area contributed by atoms with Gasteiger partial charge in [0.15, 0.2) is 0 Å². The van der Waals surface area contributed by atoms with Crippen molar-refractivity contribution in [1.82, 2.24) is 30.5 Å². The van der Waals surface area contributed by atoms with Gasteiger partial charge in [0.25, 0.3) is 5.91 Å². The van der Waals surface area contributed by atoms with Crippen molar-refractivity contribution >= 4 is 40.5 Å². The maximum absolute atomic E-state index is 14.8. The van der Waals surface area contributed by atoms with E-state index in [0.29, 0.717) is 19.5 Å². The molecule has 1 saturated heterocycles. The van der Waals surface area contributed by atoms with E-state index >= 15 is 0 Å². The second-order valence-electron chi connectivity index (χ2n) is 17.0. The zero-order chi connectivity index (χ0) is 37.0. The molecule has 0 bridgehead atoms. The van der Waals surface area contributed by atoms with Crippen LogP contribution >= 0.6 is 0 Å². The molecule has 7 atom stereocenters. The molecule has 50 heavy (non-hydrogen) atoms. The highest BCUT2D eigenvalue weighted by Gasteiger charge is 2.57. The standard InChI is InChI=1S/C37H62N6O6S/c1-9-19-38-33(46)31(44)27(20-23-15-16-23)39-32(45)30-25-17-18-37(5,6)26(25)21-43(30)34(47)29(24-13-11-10-12-14-24)41-35(48)40-28(36(2,3)4)22-42(7)50(8)49/h9,23-30H,1,10-22H2,2-8H3,(H,38,46)(H,39,45)(H2,40,41,48)/t25-,26-,27?,28+,29-,30-,50?/m0/s1. The lowest BCUT2D eigenvalue weighted by molar-refractivity contribution is -0.144. The van der Waals surface area contributed by atoms with Crippen LogP contribution < -0.4 is 21.3 Å². The van der Waals surface area contributed by atoms with Crippen LogP contribution in [0.3, 0.4) is 0 Å². The fraction of sp³-hybridized carbons (Fsp3) is 0.811. The zero-order valence-corrected chi connectivity index (χ0v) is 32.2. The Balaban J connectivity index is 1.60. The summed E-state index contributed by atoms with van der Waals surface area (Å²) in [6, 6.07) is -3.45. The van der Waals surface area contributed by atoms with Crippen LogP contribution in [-0.2, 0) is 30.2 Å². The van der Waals surface area contributed by atoms with Gasteiger partial charge in [-0.05, 0) is 73.7 Å². The number of nitrogens with one attached hydrogen (secondary N) is 4. The SMILES string of the molecule is C=CCNC(=O)C(=O)C(CC1CC1)NC(=O)[C@@H]1[C@H]2CCC(C)(C)[C@H]2CN1C(=O)[C@@H](NC(=O)N[C@H](CN(C)S(C)=O)C(C)(C)C)C1CCCCC1. The summed E-state index contributed by atoms with van der Waals surface area (Å²) < 4.78 is 13.8. The first-order valence-corrected chi connectivity index (χ1v) is 20.1. The van der Waals surface area contributed by atoms with E-state index in [1.165, 1.54) is 6.08 Å². The summed E-state index contributed by atoms with van der Waals surface area (Å²) >= 11 is 0. The van der Waals surface area contributed by atoms with Crippen LogP contribution in [0.5, 0.6) is 0 Å². The first kappa shape index (κ1) is 40.0. The first-order valence-electron chi connectivity index (χ1n) is 18.6. The zero-order valence-electron chi connectivity index (χ0n) is 31.3. The van der Waals surface area contributed by atoms with E-state index in [1.54, 1.807) is 22.5 Å². The molecule has 13 heteroatoms. The molecule has 3 aliphatic carbocycles. The lowest BCUT2D eigenvalue weighted by Gasteiger charge is -2.37. The van der Waals surface area contributed by atoms with E-state index in [9.17, 15) is 28.2 Å². The van der Waals surface area contributed by atoms with Gasteiger partial charge in [-0.15, -0.1) is 6.58 Å². The molecule has 4 N–H and O–H groups in total. The Morgan fingerprint density at radius 1 is 1.00 bits per heavy atom. The minimum atomic E-state index is -1.22. The molecule has 0 aromatic rings. The minimum absolute atomic E-state index is 0.0761. The molecule has 0 aromatic heterocycles.